The van der Waals surface area contributed by atoms with Crippen molar-refractivity contribution in [3.63, 3.8) is 0 Å². The number of carbonyl (C=O) groups is 1. The first-order valence-corrected chi connectivity index (χ1v) is 1.99. The monoisotopic (exact) mass is 129 g/mol. The maximum atomic E-state index is 9.93. The molecule has 2 nitrogen and oxygen atoms in total. The van der Waals surface area contributed by atoms with Gasteiger partial charge in [-0.25, -0.2) is 0 Å². The third-order valence-electron chi connectivity index (χ3n) is 0.383. The summed E-state index contributed by atoms with van der Waals surface area (Å²) in [4.78, 5) is 11.3. The first kappa shape index (κ1) is 10.7. The van der Waals surface area contributed by atoms with Gasteiger partial charge in [0.2, 0.25) is 0 Å². The maximum Gasteiger partial charge on any atom is 1.00 e. The van der Waals surface area contributed by atoms with Crippen LogP contribution in [0.15, 0.2) is 0 Å². The summed E-state index contributed by atoms with van der Waals surface area (Å²) in [5, 5.41) is -0.213. The van der Waals surface area contributed by atoms with Crippen molar-refractivity contribution in [2.45, 2.75) is 0 Å². The zero-order chi connectivity index (χ0) is 5.15. The average Bonchev–Trinajstić information content (AvgIpc) is 1.36. The number of rotatable bonds is 0. The van der Waals surface area contributed by atoms with Gasteiger partial charge < -0.3 is 6.33 Å². The Morgan fingerprint density at radius 2 is 1.86 bits per heavy atom. The Morgan fingerprint density at radius 3 is 1.86 bits per heavy atom. The zero-order valence-electron chi connectivity index (χ0n) is 5.80. The summed E-state index contributed by atoms with van der Waals surface area (Å²) in [7, 11) is 3.30. The Hall–Kier alpha value is 0.820. The zero-order valence-corrected chi connectivity index (χ0v) is 7.70. The van der Waals surface area contributed by atoms with Gasteiger partial charge in [0, 0.05) is 14.1 Å². The van der Waals surface area contributed by atoms with Crippen molar-refractivity contribution < 1.29 is 35.8 Å². The Labute approximate surface area is 72.4 Å². The molecule has 0 atom stereocenters. The molecule has 0 saturated heterocycles. The van der Waals surface area contributed by atoms with Crippen LogP contribution < -0.4 is 29.6 Å². The summed E-state index contributed by atoms with van der Waals surface area (Å²) >= 11 is 3.48. The van der Waals surface area contributed by atoms with Crippen LogP contribution in [0.1, 0.15) is 1.43 Å². The van der Waals surface area contributed by atoms with E-state index in [1.54, 1.807) is 14.1 Å². The molecule has 0 aliphatic rings. The van der Waals surface area contributed by atoms with Crippen LogP contribution in [-0.2, 0) is 0 Å². The third-order valence-corrected chi connectivity index (χ3v) is 0.783. The second-order valence-electron chi connectivity index (χ2n) is 1.18. The summed E-state index contributed by atoms with van der Waals surface area (Å²) in [6.07, 6.45) is 0. The summed E-state index contributed by atoms with van der Waals surface area (Å²) in [5.41, 5.74) is 0. The number of hydrogen-bond acceptors (Lipinski definition) is 1. The number of nitrogens with zero attached hydrogens (tertiary/aromatic N) is 1. The van der Waals surface area contributed by atoms with E-state index in [4.69, 9.17) is 0 Å². The van der Waals surface area contributed by atoms with Crippen LogP contribution in [0, 0.1) is 0 Å². The smallest absolute Gasteiger partial charge is 1.00 e. The first-order chi connectivity index (χ1) is 2.64. The van der Waals surface area contributed by atoms with Crippen LogP contribution in [0.25, 0.3) is 0 Å². The molecule has 0 unspecified atom stereocenters. The van der Waals surface area contributed by atoms with E-state index in [1.165, 1.54) is 4.90 Å². The fourth-order valence-corrected chi connectivity index (χ4v) is 0. The number of hydrogen-bond donors (Lipinski definition) is 1. The van der Waals surface area contributed by atoms with Crippen molar-refractivity contribution in [1.29, 1.82) is 0 Å². The topological polar surface area (TPSA) is 20.3 Å². The molecular weight excluding hydrogens is 121 g/mol. The molecule has 0 rings (SSSR count). The SMILES string of the molecule is CN(C)C(=O)S.[H-].[Na+]. The summed E-state index contributed by atoms with van der Waals surface area (Å²) < 4.78 is 0. The van der Waals surface area contributed by atoms with Crippen molar-refractivity contribution in [3.05, 3.63) is 0 Å². The fourth-order valence-electron chi connectivity index (χ4n) is 0. The molecule has 4 heteroatoms. The van der Waals surface area contributed by atoms with E-state index in [0.717, 1.165) is 0 Å². The normalized spacial score (nSPS) is 6.71. The van der Waals surface area contributed by atoms with Crippen molar-refractivity contribution in [2.24, 2.45) is 0 Å². The van der Waals surface area contributed by atoms with Crippen LogP contribution in [0.5, 0.6) is 0 Å². The van der Waals surface area contributed by atoms with Gasteiger partial charge in [-0.15, -0.1) is 0 Å². The molecule has 0 radical (unpaired) electrons. The molecule has 0 fully saturated rings. The van der Waals surface area contributed by atoms with E-state index >= 15 is 0 Å². The molecule has 38 valence electrons. The van der Waals surface area contributed by atoms with E-state index in [1.807, 2.05) is 0 Å². The minimum Gasteiger partial charge on any atom is -1.00 e. The molecule has 0 aliphatic carbocycles. The summed E-state index contributed by atoms with van der Waals surface area (Å²) in [5.74, 6) is 0. The van der Waals surface area contributed by atoms with E-state index in [9.17, 15) is 4.79 Å². The average molecular weight is 129 g/mol. The van der Waals surface area contributed by atoms with Crippen LogP contribution in [0.3, 0.4) is 0 Å². The molecule has 0 saturated carbocycles. The fraction of sp³-hybridized carbons (Fsp3) is 0.667. The minimum atomic E-state index is -0.213. The van der Waals surface area contributed by atoms with E-state index in [2.05, 4.69) is 12.6 Å². The molecule has 7 heavy (non-hydrogen) atoms. The van der Waals surface area contributed by atoms with Gasteiger partial charge >= 0.3 is 29.6 Å². The van der Waals surface area contributed by atoms with Crippen molar-refractivity contribution in [2.75, 3.05) is 14.1 Å². The number of amides is 1. The van der Waals surface area contributed by atoms with E-state index in [0.29, 0.717) is 0 Å². The van der Waals surface area contributed by atoms with Crippen LogP contribution in [0.2, 0.25) is 0 Å². The van der Waals surface area contributed by atoms with Gasteiger partial charge in [0.15, 0.2) is 0 Å². The van der Waals surface area contributed by atoms with Gasteiger partial charge in [0.25, 0.3) is 5.24 Å². The van der Waals surface area contributed by atoms with Gasteiger partial charge in [-0.05, 0) is 0 Å². The number of carbonyl (C=O) groups excluding carboxylic acids is 1. The van der Waals surface area contributed by atoms with Gasteiger partial charge in [-0.3, -0.25) is 4.79 Å². The van der Waals surface area contributed by atoms with Gasteiger partial charge in [-0.1, -0.05) is 12.6 Å². The summed E-state index contributed by atoms with van der Waals surface area (Å²) in [6.45, 7) is 0. The molecule has 0 aromatic rings. The van der Waals surface area contributed by atoms with Crippen LogP contribution in [0.4, 0.5) is 4.79 Å². The second kappa shape index (κ2) is 4.97. The molecule has 0 heterocycles. The predicted molar refractivity (Wildman–Crippen MR) is 29.2 cm³/mol. The maximum absolute atomic E-state index is 9.93. The molecule has 0 aromatic carbocycles. The van der Waals surface area contributed by atoms with Crippen LogP contribution in [-0.4, -0.2) is 24.2 Å². The molecular formula is C3H8NNaOS. The predicted octanol–water partition coefficient (Wildman–Crippen LogP) is -2.29. The Bertz CT molecular complexity index is 70.3. The quantitative estimate of drug-likeness (QED) is 0.288. The van der Waals surface area contributed by atoms with Gasteiger partial charge in [-0.2, -0.15) is 0 Å². The molecule has 1 amide bonds. The second-order valence-corrected chi connectivity index (χ2v) is 1.56. The standard InChI is InChI=1S/C3H7NOS.Na.H/c1-4(2)3(5)6;;/h1-2H3,(H,5,6);;/q;+1;-1. The van der Waals surface area contributed by atoms with E-state index in [-0.39, 0.29) is 36.2 Å². The van der Waals surface area contributed by atoms with E-state index < -0.39 is 0 Å². The summed E-state index contributed by atoms with van der Waals surface area (Å²) in [6, 6.07) is 0. The third kappa shape index (κ3) is 6.82. The molecule has 0 N–H and O–H groups in total. The minimum absolute atomic E-state index is 0. The van der Waals surface area contributed by atoms with Gasteiger partial charge in [0.1, 0.15) is 0 Å². The molecule has 0 bridgehead atoms. The van der Waals surface area contributed by atoms with Crippen molar-refractivity contribution >= 4 is 17.9 Å². The molecule has 0 spiro atoms. The van der Waals surface area contributed by atoms with Gasteiger partial charge in [0.05, 0.1) is 0 Å². The van der Waals surface area contributed by atoms with Crippen LogP contribution >= 0.6 is 12.6 Å². The first-order valence-electron chi connectivity index (χ1n) is 1.55. The molecule has 0 aliphatic heterocycles. The molecule has 0 aromatic heterocycles. The Balaban J connectivity index is -0.000000125. The van der Waals surface area contributed by atoms with Crippen molar-refractivity contribution in [1.82, 2.24) is 4.90 Å². The number of thiol groups is 1. The Morgan fingerprint density at radius 1 is 1.71 bits per heavy atom. The largest absolute Gasteiger partial charge is 1.00 e. The Kier molecular flexibility index (Phi) is 7.62. The van der Waals surface area contributed by atoms with Crippen molar-refractivity contribution in [3.8, 4) is 0 Å².